The fourth-order valence-corrected chi connectivity index (χ4v) is 3.04. The molecule has 2 N–H and O–H groups in total. The quantitative estimate of drug-likeness (QED) is 0.894. The van der Waals surface area contributed by atoms with Crippen molar-refractivity contribution in [1.82, 2.24) is 9.80 Å². The summed E-state index contributed by atoms with van der Waals surface area (Å²) in [7, 11) is 0. The van der Waals surface area contributed by atoms with E-state index in [-0.39, 0.29) is 24.6 Å². The highest BCUT2D eigenvalue weighted by molar-refractivity contribution is 5.81. The van der Waals surface area contributed by atoms with Crippen molar-refractivity contribution in [2.24, 2.45) is 5.73 Å². The molecule has 0 saturated carbocycles. The van der Waals surface area contributed by atoms with E-state index in [4.69, 9.17) is 10.5 Å². The van der Waals surface area contributed by atoms with Crippen LogP contribution in [0.4, 0.5) is 4.79 Å². The molecule has 0 aliphatic carbocycles. The summed E-state index contributed by atoms with van der Waals surface area (Å²) in [6.07, 6.45) is 1.41. The van der Waals surface area contributed by atoms with Crippen LogP contribution in [0.1, 0.15) is 32.3 Å². The van der Waals surface area contributed by atoms with E-state index in [2.05, 4.69) is 0 Å². The Bertz CT molecular complexity index is 548. The van der Waals surface area contributed by atoms with Gasteiger partial charge >= 0.3 is 6.09 Å². The van der Waals surface area contributed by atoms with E-state index >= 15 is 0 Å². The first-order valence-corrected chi connectivity index (χ1v) is 8.54. The van der Waals surface area contributed by atoms with Crippen LogP contribution >= 0.6 is 0 Å². The third kappa shape index (κ3) is 4.71. The fraction of sp³-hybridized carbons (Fsp3) is 0.556. The van der Waals surface area contributed by atoms with Gasteiger partial charge in [0.1, 0.15) is 6.61 Å². The standard InChI is InChI=1S/C18H27N3O3/c1-3-21(18(23)24-13-15-8-5-4-6-9-15)16-10-7-11-20(12-16)17(22)14(2)19/h4-6,8-9,14,16H,3,7,10-13,19H2,1-2H3. The van der Waals surface area contributed by atoms with E-state index in [1.165, 1.54) is 0 Å². The number of nitrogens with zero attached hydrogens (tertiary/aromatic N) is 2. The van der Waals surface area contributed by atoms with E-state index in [0.717, 1.165) is 18.4 Å². The van der Waals surface area contributed by atoms with Crippen molar-refractivity contribution in [3.05, 3.63) is 35.9 Å². The number of likely N-dealkylation sites (tertiary alicyclic amines) is 1. The summed E-state index contributed by atoms with van der Waals surface area (Å²) >= 11 is 0. The Kier molecular flexibility index (Phi) is 6.61. The van der Waals surface area contributed by atoms with Gasteiger partial charge in [-0.2, -0.15) is 0 Å². The first-order valence-electron chi connectivity index (χ1n) is 8.54. The molecule has 1 heterocycles. The van der Waals surface area contributed by atoms with Crippen LogP contribution in [0.2, 0.25) is 0 Å². The van der Waals surface area contributed by atoms with Crippen molar-refractivity contribution in [1.29, 1.82) is 0 Å². The van der Waals surface area contributed by atoms with Crippen LogP contribution in [0.3, 0.4) is 0 Å². The van der Waals surface area contributed by atoms with Gasteiger partial charge in [0, 0.05) is 19.6 Å². The van der Waals surface area contributed by atoms with Crippen molar-refractivity contribution in [2.75, 3.05) is 19.6 Å². The molecule has 1 aliphatic heterocycles. The molecule has 24 heavy (non-hydrogen) atoms. The minimum absolute atomic E-state index is 0.0188. The van der Waals surface area contributed by atoms with Gasteiger partial charge in [0.25, 0.3) is 0 Å². The molecule has 1 aromatic rings. The number of carbonyl (C=O) groups is 2. The molecule has 132 valence electrons. The first kappa shape index (κ1) is 18.3. The van der Waals surface area contributed by atoms with E-state index in [0.29, 0.717) is 19.6 Å². The molecule has 0 bridgehead atoms. The monoisotopic (exact) mass is 333 g/mol. The number of benzene rings is 1. The number of hydrogen-bond acceptors (Lipinski definition) is 4. The van der Waals surface area contributed by atoms with E-state index < -0.39 is 6.04 Å². The topological polar surface area (TPSA) is 75.9 Å². The Morgan fingerprint density at radius 2 is 2.08 bits per heavy atom. The molecule has 6 heteroatoms. The number of piperidine rings is 1. The Hall–Kier alpha value is -2.08. The Balaban J connectivity index is 1.94. The molecule has 0 aromatic heterocycles. The second-order valence-corrected chi connectivity index (χ2v) is 6.20. The number of amides is 2. The lowest BCUT2D eigenvalue weighted by Gasteiger charge is -2.39. The number of nitrogens with two attached hydrogens (primary N) is 1. The van der Waals surface area contributed by atoms with Gasteiger partial charge in [-0.3, -0.25) is 4.79 Å². The predicted octanol–water partition coefficient (Wildman–Crippen LogP) is 1.98. The van der Waals surface area contributed by atoms with Crippen LogP contribution < -0.4 is 5.73 Å². The largest absolute Gasteiger partial charge is 0.445 e. The SMILES string of the molecule is CCN(C(=O)OCc1ccccc1)C1CCCN(C(=O)C(C)N)C1. The molecular formula is C18H27N3O3. The molecule has 6 nitrogen and oxygen atoms in total. The van der Waals surface area contributed by atoms with Crippen molar-refractivity contribution in [3.63, 3.8) is 0 Å². The van der Waals surface area contributed by atoms with Crippen molar-refractivity contribution in [3.8, 4) is 0 Å². The lowest BCUT2D eigenvalue weighted by atomic mass is 10.0. The van der Waals surface area contributed by atoms with Crippen LogP contribution in [0, 0.1) is 0 Å². The van der Waals surface area contributed by atoms with Crippen LogP contribution in [0.5, 0.6) is 0 Å². The van der Waals surface area contributed by atoms with E-state index in [1.807, 2.05) is 37.3 Å². The molecule has 1 aromatic carbocycles. The zero-order valence-corrected chi connectivity index (χ0v) is 14.5. The highest BCUT2D eigenvalue weighted by Crippen LogP contribution is 2.18. The van der Waals surface area contributed by atoms with Crippen LogP contribution in [-0.2, 0) is 16.1 Å². The molecule has 1 aliphatic rings. The smallest absolute Gasteiger partial charge is 0.410 e. The molecule has 2 rings (SSSR count). The third-order valence-electron chi connectivity index (χ3n) is 4.32. The van der Waals surface area contributed by atoms with Crippen molar-refractivity contribution >= 4 is 12.0 Å². The highest BCUT2D eigenvalue weighted by atomic mass is 16.6. The zero-order chi connectivity index (χ0) is 17.5. The van der Waals surface area contributed by atoms with Crippen LogP contribution in [0.15, 0.2) is 30.3 Å². The van der Waals surface area contributed by atoms with Crippen LogP contribution in [0.25, 0.3) is 0 Å². The minimum atomic E-state index is -0.510. The molecule has 1 fully saturated rings. The van der Waals surface area contributed by atoms with Gasteiger partial charge < -0.3 is 20.3 Å². The number of carbonyl (C=O) groups excluding carboxylic acids is 2. The lowest BCUT2D eigenvalue weighted by molar-refractivity contribution is -0.134. The average molecular weight is 333 g/mol. The number of likely N-dealkylation sites (N-methyl/N-ethyl adjacent to an activating group) is 1. The lowest BCUT2D eigenvalue weighted by Crippen LogP contribution is -2.54. The molecule has 0 radical (unpaired) electrons. The summed E-state index contributed by atoms with van der Waals surface area (Å²) in [6, 6.07) is 9.08. The van der Waals surface area contributed by atoms with Gasteiger partial charge in [-0.15, -0.1) is 0 Å². The predicted molar refractivity (Wildman–Crippen MR) is 92.3 cm³/mol. The Morgan fingerprint density at radius 1 is 1.38 bits per heavy atom. The molecule has 2 amide bonds. The number of rotatable bonds is 5. The zero-order valence-electron chi connectivity index (χ0n) is 14.5. The highest BCUT2D eigenvalue weighted by Gasteiger charge is 2.31. The normalized spacial score (nSPS) is 18.8. The summed E-state index contributed by atoms with van der Waals surface area (Å²) in [5.74, 6) is -0.0617. The van der Waals surface area contributed by atoms with Crippen LogP contribution in [-0.4, -0.2) is 53.5 Å². The molecule has 2 atom stereocenters. The maximum Gasteiger partial charge on any atom is 0.410 e. The van der Waals surface area contributed by atoms with Gasteiger partial charge in [-0.1, -0.05) is 30.3 Å². The average Bonchev–Trinajstić information content (AvgIpc) is 2.61. The fourth-order valence-electron chi connectivity index (χ4n) is 3.04. The second kappa shape index (κ2) is 8.68. The number of ether oxygens (including phenoxy) is 1. The van der Waals surface area contributed by atoms with Gasteiger partial charge in [-0.25, -0.2) is 4.79 Å². The third-order valence-corrected chi connectivity index (χ3v) is 4.32. The summed E-state index contributed by atoms with van der Waals surface area (Å²) in [5, 5.41) is 0. The maximum atomic E-state index is 12.4. The second-order valence-electron chi connectivity index (χ2n) is 6.20. The minimum Gasteiger partial charge on any atom is -0.445 e. The molecule has 0 spiro atoms. The van der Waals surface area contributed by atoms with Crippen molar-refractivity contribution in [2.45, 2.75) is 45.4 Å². The van der Waals surface area contributed by atoms with Gasteiger partial charge in [-0.05, 0) is 32.3 Å². The Morgan fingerprint density at radius 3 is 2.71 bits per heavy atom. The summed E-state index contributed by atoms with van der Waals surface area (Å²) in [4.78, 5) is 28.0. The maximum absolute atomic E-state index is 12.4. The van der Waals surface area contributed by atoms with E-state index in [9.17, 15) is 9.59 Å². The Labute approximate surface area is 143 Å². The van der Waals surface area contributed by atoms with Gasteiger partial charge in [0.05, 0.1) is 12.1 Å². The summed E-state index contributed by atoms with van der Waals surface area (Å²) in [6.45, 7) is 5.65. The summed E-state index contributed by atoms with van der Waals surface area (Å²) < 4.78 is 5.44. The van der Waals surface area contributed by atoms with E-state index in [1.54, 1.807) is 16.7 Å². The molecular weight excluding hydrogens is 306 g/mol. The summed E-state index contributed by atoms with van der Waals surface area (Å²) in [5.41, 5.74) is 6.65. The van der Waals surface area contributed by atoms with Gasteiger partial charge in [0.15, 0.2) is 0 Å². The number of hydrogen-bond donors (Lipinski definition) is 1. The van der Waals surface area contributed by atoms with Crippen molar-refractivity contribution < 1.29 is 14.3 Å². The molecule has 1 saturated heterocycles. The first-order chi connectivity index (χ1) is 11.5. The van der Waals surface area contributed by atoms with Gasteiger partial charge in [0.2, 0.25) is 5.91 Å². The molecule has 2 unspecified atom stereocenters.